The van der Waals surface area contributed by atoms with Crippen LogP contribution in [0.4, 0.5) is 0 Å². The van der Waals surface area contributed by atoms with Gasteiger partial charge in [0.1, 0.15) is 5.75 Å². The molecule has 0 aromatic heterocycles. The van der Waals surface area contributed by atoms with Crippen LogP contribution in [-0.2, 0) is 0 Å². The third-order valence-electron chi connectivity index (χ3n) is 1.37. The molecule has 0 saturated carbocycles. The number of halogens is 1. The molecule has 0 aliphatic heterocycles. The quantitative estimate of drug-likeness (QED) is 0.733. The van der Waals surface area contributed by atoms with E-state index < -0.39 is 0 Å². The molecule has 0 aliphatic carbocycles. The molecular formula is C9H9BrO. The zero-order valence-corrected chi connectivity index (χ0v) is 7.84. The summed E-state index contributed by atoms with van der Waals surface area (Å²) in [5.41, 5.74) is 1.16. The lowest BCUT2D eigenvalue weighted by atomic mass is 10.2. The molecule has 0 saturated heterocycles. The molecule has 0 unspecified atom stereocenters. The van der Waals surface area contributed by atoms with Gasteiger partial charge < -0.3 is 4.74 Å². The molecule has 2 heteroatoms. The van der Waals surface area contributed by atoms with Gasteiger partial charge in [0, 0.05) is 0 Å². The van der Waals surface area contributed by atoms with Gasteiger partial charge in [0.25, 0.3) is 0 Å². The van der Waals surface area contributed by atoms with Crippen LogP contribution in [-0.4, -0.2) is 7.11 Å². The molecule has 0 amide bonds. The first-order valence-corrected chi connectivity index (χ1v) is 4.19. The molecule has 58 valence electrons. The monoisotopic (exact) mass is 212 g/mol. The predicted octanol–water partition coefficient (Wildman–Crippen LogP) is 3.06. The van der Waals surface area contributed by atoms with Crippen molar-refractivity contribution in [3.8, 4) is 5.75 Å². The molecule has 0 radical (unpaired) electrons. The van der Waals surface area contributed by atoms with Crippen molar-refractivity contribution in [3.05, 3.63) is 34.8 Å². The van der Waals surface area contributed by atoms with Gasteiger partial charge in [-0.1, -0.05) is 28.1 Å². The number of hydrogen-bond donors (Lipinski definition) is 0. The van der Waals surface area contributed by atoms with Crippen molar-refractivity contribution in [2.75, 3.05) is 7.11 Å². The minimum Gasteiger partial charge on any atom is -0.497 e. The van der Waals surface area contributed by atoms with Crippen LogP contribution in [0.3, 0.4) is 0 Å². The van der Waals surface area contributed by atoms with E-state index in [1.54, 1.807) is 7.11 Å². The highest BCUT2D eigenvalue weighted by molar-refractivity contribution is 9.11. The summed E-state index contributed by atoms with van der Waals surface area (Å²) in [5, 5.41) is 0. The number of rotatable bonds is 2. The lowest BCUT2D eigenvalue weighted by Crippen LogP contribution is -1.80. The van der Waals surface area contributed by atoms with Crippen molar-refractivity contribution >= 4 is 22.0 Å². The summed E-state index contributed by atoms with van der Waals surface area (Å²) in [6.45, 7) is 0. The summed E-state index contributed by atoms with van der Waals surface area (Å²) in [6, 6.07) is 7.86. The molecule has 0 fully saturated rings. The Balaban J connectivity index is 2.82. The lowest BCUT2D eigenvalue weighted by Gasteiger charge is -1.97. The summed E-state index contributed by atoms with van der Waals surface area (Å²) in [7, 11) is 1.66. The standard InChI is InChI=1S/C9H9BrO/c1-11-9-4-2-8(3-5-9)6-7-10/h2-7H,1H3. The number of hydrogen-bond acceptors (Lipinski definition) is 1. The average Bonchev–Trinajstić information content (AvgIpc) is 2.07. The fourth-order valence-corrected chi connectivity index (χ4v) is 1.09. The maximum absolute atomic E-state index is 5.01. The van der Waals surface area contributed by atoms with Crippen LogP contribution >= 0.6 is 15.9 Å². The van der Waals surface area contributed by atoms with Crippen LogP contribution < -0.4 is 4.74 Å². The molecule has 0 spiro atoms. The molecule has 0 aliphatic rings. The molecule has 0 bridgehead atoms. The zero-order chi connectivity index (χ0) is 8.10. The van der Waals surface area contributed by atoms with E-state index in [0.29, 0.717) is 0 Å². The Labute approximate surface area is 74.8 Å². The highest BCUT2D eigenvalue weighted by Gasteiger charge is 1.88. The minimum atomic E-state index is 0.886. The van der Waals surface area contributed by atoms with E-state index in [2.05, 4.69) is 15.9 Å². The van der Waals surface area contributed by atoms with Gasteiger partial charge in [0.15, 0.2) is 0 Å². The number of benzene rings is 1. The van der Waals surface area contributed by atoms with Crippen LogP contribution in [0.2, 0.25) is 0 Å². The Morgan fingerprint density at radius 2 is 1.91 bits per heavy atom. The second kappa shape index (κ2) is 4.19. The van der Waals surface area contributed by atoms with Crippen molar-refractivity contribution in [2.45, 2.75) is 0 Å². The molecule has 1 aromatic rings. The number of methoxy groups -OCH3 is 1. The molecule has 1 rings (SSSR count). The van der Waals surface area contributed by atoms with Crippen LogP contribution in [0.1, 0.15) is 5.56 Å². The van der Waals surface area contributed by atoms with Gasteiger partial charge in [-0.05, 0) is 28.8 Å². The zero-order valence-electron chi connectivity index (χ0n) is 6.25. The van der Waals surface area contributed by atoms with E-state index in [1.165, 1.54) is 0 Å². The SMILES string of the molecule is COc1ccc(C=CBr)cc1. The first-order chi connectivity index (χ1) is 5.36. The molecule has 0 heterocycles. The Morgan fingerprint density at radius 1 is 1.27 bits per heavy atom. The molecule has 0 N–H and O–H groups in total. The van der Waals surface area contributed by atoms with Gasteiger partial charge in [0.05, 0.1) is 7.11 Å². The summed E-state index contributed by atoms with van der Waals surface area (Å²) in [5.74, 6) is 0.886. The third kappa shape index (κ3) is 2.39. The smallest absolute Gasteiger partial charge is 0.118 e. The van der Waals surface area contributed by atoms with Crippen LogP contribution in [0.15, 0.2) is 29.3 Å². The second-order valence-corrected chi connectivity index (χ2v) is 2.59. The van der Waals surface area contributed by atoms with E-state index in [1.807, 2.05) is 35.3 Å². The Morgan fingerprint density at radius 3 is 2.36 bits per heavy atom. The van der Waals surface area contributed by atoms with E-state index in [0.717, 1.165) is 11.3 Å². The van der Waals surface area contributed by atoms with E-state index in [9.17, 15) is 0 Å². The van der Waals surface area contributed by atoms with Crippen molar-refractivity contribution in [3.63, 3.8) is 0 Å². The molecule has 1 nitrogen and oxygen atoms in total. The molecule has 1 aromatic carbocycles. The Bertz CT molecular complexity index is 238. The van der Waals surface area contributed by atoms with Crippen molar-refractivity contribution in [2.24, 2.45) is 0 Å². The van der Waals surface area contributed by atoms with Gasteiger partial charge in [-0.3, -0.25) is 0 Å². The van der Waals surface area contributed by atoms with Crippen molar-refractivity contribution in [1.29, 1.82) is 0 Å². The first kappa shape index (κ1) is 8.34. The van der Waals surface area contributed by atoms with Crippen LogP contribution in [0.25, 0.3) is 6.08 Å². The minimum absolute atomic E-state index is 0.886. The summed E-state index contributed by atoms with van der Waals surface area (Å²) >= 11 is 3.21. The predicted molar refractivity (Wildman–Crippen MR) is 51.0 cm³/mol. The largest absolute Gasteiger partial charge is 0.497 e. The Kier molecular flexibility index (Phi) is 3.17. The van der Waals surface area contributed by atoms with E-state index >= 15 is 0 Å². The highest BCUT2D eigenvalue weighted by atomic mass is 79.9. The second-order valence-electron chi connectivity index (χ2n) is 2.07. The maximum Gasteiger partial charge on any atom is 0.118 e. The third-order valence-corrected chi connectivity index (χ3v) is 1.64. The molecular weight excluding hydrogens is 204 g/mol. The van der Waals surface area contributed by atoms with Crippen LogP contribution in [0, 0.1) is 0 Å². The number of ether oxygens (including phenoxy) is 1. The van der Waals surface area contributed by atoms with Gasteiger partial charge >= 0.3 is 0 Å². The van der Waals surface area contributed by atoms with Gasteiger partial charge in [-0.15, -0.1) is 0 Å². The summed E-state index contributed by atoms with van der Waals surface area (Å²) in [4.78, 5) is 1.83. The molecule has 11 heavy (non-hydrogen) atoms. The van der Waals surface area contributed by atoms with E-state index in [-0.39, 0.29) is 0 Å². The summed E-state index contributed by atoms with van der Waals surface area (Å²) < 4.78 is 5.01. The average molecular weight is 213 g/mol. The van der Waals surface area contributed by atoms with Gasteiger partial charge in [0.2, 0.25) is 0 Å². The summed E-state index contributed by atoms with van der Waals surface area (Å²) in [6.07, 6.45) is 1.97. The van der Waals surface area contributed by atoms with E-state index in [4.69, 9.17) is 4.74 Å². The highest BCUT2D eigenvalue weighted by Crippen LogP contribution is 2.12. The fourth-order valence-electron chi connectivity index (χ4n) is 0.788. The van der Waals surface area contributed by atoms with Crippen molar-refractivity contribution in [1.82, 2.24) is 0 Å². The van der Waals surface area contributed by atoms with Gasteiger partial charge in [-0.25, -0.2) is 0 Å². The topological polar surface area (TPSA) is 9.23 Å². The first-order valence-electron chi connectivity index (χ1n) is 3.27. The van der Waals surface area contributed by atoms with Crippen LogP contribution in [0.5, 0.6) is 5.75 Å². The maximum atomic E-state index is 5.01. The Hall–Kier alpha value is -0.760. The normalized spacial score (nSPS) is 10.4. The fraction of sp³-hybridized carbons (Fsp3) is 0.111. The molecule has 0 atom stereocenters. The van der Waals surface area contributed by atoms with Crippen molar-refractivity contribution < 1.29 is 4.74 Å². The van der Waals surface area contributed by atoms with Gasteiger partial charge in [-0.2, -0.15) is 0 Å². The lowest BCUT2D eigenvalue weighted by molar-refractivity contribution is 0.415.